The van der Waals surface area contributed by atoms with E-state index in [0.717, 1.165) is 5.56 Å². The van der Waals surface area contributed by atoms with Crippen molar-refractivity contribution in [2.24, 2.45) is 0 Å². The molecule has 0 radical (unpaired) electrons. The van der Waals surface area contributed by atoms with Crippen molar-refractivity contribution in [3.05, 3.63) is 111 Å². The predicted octanol–water partition coefficient (Wildman–Crippen LogP) is 5.50. The van der Waals surface area contributed by atoms with Crippen molar-refractivity contribution in [2.45, 2.75) is 13.0 Å². The number of rotatable bonds is 4. The number of hydrogen-bond donors (Lipinski definition) is 0. The Morgan fingerprint density at radius 3 is 2.59 bits per heavy atom. The molecule has 1 aliphatic rings. The molecule has 5 aromatic rings. The molecule has 3 aromatic carbocycles. The van der Waals surface area contributed by atoms with Gasteiger partial charge in [0.2, 0.25) is 10.9 Å². The first-order chi connectivity index (χ1) is 16.6. The van der Waals surface area contributed by atoms with Gasteiger partial charge in [0.15, 0.2) is 5.43 Å². The van der Waals surface area contributed by atoms with E-state index in [4.69, 9.17) is 9.15 Å². The fraction of sp³-hybridized carbons (Fsp3) is 0.0769. The SMILES string of the molecule is Cc1ccc2oc3c(c(=O)c2c1)C(c1cccc(Oc2ccccc2)c1)N(c1nncs1)C3=O. The van der Waals surface area contributed by atoms with Crippen LogP contribution in [0.15, 0.2) is 87.5 Å². The summed E-state index contributed by atoms with van der Waals surface area (Å²) < 4.78 is 12.0. The topological polar surface area (TPSA) is 85.5 Å². The lowest BCUT2D eigenvalue weighted by atomic mass is 9.98. The van der Waals surface area contributed by atoms with Crippen molar-refractivity contribution in [1.82, 2.24) is 10.2 Å². The number of benzene rings is 3. The maximum atomic E-state index is 13.7. The molecule has 1 unspecified atom stereocenters. The number of amides is 1. The van der Waals surface area contributed by atoms with Crippen LogP contribution >= 0.6 is 11.3 Å². The summed E-state index contributed by atoms with van der Waals surface area (Å²) in [6.45, 7) is 1.91. The first-order valence-electron chi connectivity index (χ1n) is 10.6. The standard InChI is InChI=1S/C26H17N3O4S/c1-15-10-11-20-19(12-15)23(30)21-22(29(25(31)24(21)33-20)26-28-27-14-34-26)16-6-5-9-18(13-16)32-17-7-3-2-4-8-17/h2-14,22H,1H3. The highest BCUT2D eigenvalue weighted by Crippen LogP contribution is 2.42. The zero-order chi connectivity index (χ0) is 23.2. The molecule has 0 spiro atoms. The van der Waals surface area contributed by atoms with Gasteiger partial charge in [-0.25, -0.2) is 0 Å². The molecule has 0 N–H and O–H groups in total. The van der Waals surface area contributed by atoms with Crippen molar-refractivity contribution in [2.75, 3.05) is 4.90 Å². The van der Waals surface area contributed by atoms with Gasteiger partial charge in [0.25, 0.3) is 5.91 Å². The van der Waals surface area contributed by atoms with E-state index in [1.54, 1.807) is 17.6 Å². The molecule has 3 heterocycles. The molecule has 0 bridgehead atoms. The second kappa shape index (κ2) is 7.93. The summed E-state index contributed by atoms with van der Waals surface area (Å²) in [6, 6.07) is 21.4. The molecule has 6 rings (SSSR count). The number of para-hydroxylation sites is 1. The minimum absolute atomic E-state index is 0.0240. The number of aryl methyl sites for hydroxylation is 1. The van der Waals surface area contributed by atoms with Gasteiger partial charge in [0, 0.05) is 0 Å². The largest absolute Gasteiger partial charge is 0.457 e. The van der Waals surface area contributed by atoms with Crippen LogP contribution in [0, 0.1) is 6.92 Å². The fourth-order valence-electron chi connectivity index (χ4n) is 4.24. The van der Waals surface area contributed by atoms with E-state index in [2.05, 4.69) is 10.2 Å². The lowest BCUT2D eigenvalue weighted by Crippen LogP contribution is -2.29. The summed E-state index contributed by atoms with van der Waals surface area (Å²) in [4.78, 5) is 28.7. The molecular weight excluding hydrogens is 450 g/mol. The molecule has 1 aliphatic heterocycles. The van der Waals surface area contributed by atoms with Crippen molar-refractivity contribution >= 4 is 33.3 Å². The number of fused-ring (bicyclic) bond motifs is 2. The quantitative estimate of drug-likeness (QED) is 0.347. The lowest BCUT2D eigenvalue weighted by Gasteiger charge is -2.22. The summed E-state index contributed by atoms with van der Waals surface area (Å²) in [5.74, 6) is 0.869. The Balaban J connectivity index is 1.55. The van der Waals surface area contributed by atoms with Crippen molar-refractivity contribution < 1.29 is 13.9 Å². The summed E-state index contributed by atoms with van der Waals surface area (Å²) in [6.07, 6.45) is 0. The van der Waals surface area contributed by atoms with Gasteiger partial charge in [0.05, 0.1) is 17.0 Å². The van der Waals surface area contributed by atoms with Gasteiger partial charge in [-0.1, -0.05) is 53.3 Å². The molecule has 1 amide bonds. The first-order valence-corrected chi connectivity index (χ1v) is 11.5. The normalized spacial score (nSPS) is 15.0. The maximum absolute atomic E-state index is 13.7. The van der Waals surface area contributed by atoms with Crippen LogP contribution in [0.25, 0.3) is 11.0 Å². The molecular formula is C26H17N3O4S. The summed E-state index contributed by atoms with van der Waals surface area (Å²) >= 11 is 1.22. The van der Waals surface area contributed by atoms with Crippen molar-refractivity contribution in [1.29, 1.82) is 0 Å². The van der Waals surface area contributed by atoms with Crippen molar-refractivity contribution in [3.8, 4) is 11.5 Å². The van der Waals surface area contributed by atoms with E-state index in [0.29, 0.717) is 33.2 Å². The van der Waals surface area contributed by atoms with E-state index in [-0.39, 0.29) is 16.8 Å². The average Bonchev–Trinajstić information content (AvgIpc) is 3.47. The summed E-state index contributed by atoms with van der Waals surface area (Å²) in [5.41, 5.74) is 3.61. The number of nitrogens with zero attached hydrogens (tertiary/aromatic N) is 3. The Morgan fingerprint density at radius 2 is 1.79 bits per heavy atom. The van der Waals surface area contributed by atoms with Gasteiger partial charge in [-0.2, -0.15) is 0 Å². The number of aromatic nitrogens is 2. The van der Waals surface area contributed by atoms with Crippen LogP contribution in [0.3, 0.4) is 0 Å². The van der Waals surface area contributed by atoms with Gasteiger partial charge in [-0.05, 0) is 48.9 Å². The minimum Gasteiger partial charge on any atom is -0.457 e. The third kappa shape index (κ3) is 3.27. The minimum atomic E-state index is -0.726. The summed E-state index contributed by atoms with van der Waals surface area (Å²) in [5, 5.41) is 8.83. The molecule has 0 saturated carbocycles. The van der Waals surface area contributed by atoms with Gasteiger partial charge in [-0.15, -0.1) is 10.2 Å². The molecule has 1 atom stereocenters. The van der Waals surface area contributed by atoms with E-state index in [9.17, 15) is 9.59 Å². The monoisotopic (exact) mass is 467 g/mol. The molecule has 0 saturated heterocycles. The second-order valence-electron chi connectivity index (χ2n) is 7.96. The Labute approximate surface area is 197 Å². The van der Waals surface area contributed by atoms with Crippen LogP contribution in [0.4, 0.5) is 5.13 Å². The van der Waals surface area contributed by atoms with E-state index in [1.165, 1.54) is 16.2 Å². The van der Waals surface area contributed by atoms with E-state index < -0.39 is 11.9 Å². The Morgan fingerprint density at radius 1 is 0.971 bits per heavy atom. The Kier molecular flexibility index (Phi) is 4.74. The number of hydrogen-bond acceptors (Lipinski definition) is 7. The molecule has 0 aliphatic carbocycles. The van der Waals surface area contributed by atoms with Gasteiger partial charge in [0.1, 0.15) is 22.6 Å². The molecule has 166 valence electrons. The molecule has 2 aromatic heterocycles. The highest BCUT2D eigenvalue weighted by atomic mass is 32.1. The van der Waals surface area contributed by atoms with E-state index in [1.807, 2.05) is 67.6 Å². The molecule has 34 heavy (non-hydrogen) atoms. The summed E-state index contributed by atoms with van der Waals surface area (Å²) in [7, 11) is 0. The number of carbonyl (C=O) groups excluding carboxylic acids is 1. The number of ether oxygens (including phenoxy) is 1. The van der Waals surface area contributed by atoms with E-state index >= 15 is 0 Å². The number of anilines is 1. The van der Waals surface area contributed by atoms with Crippen LogP contribution < -0.4 is 15.1 Å². The third-order valence-corrected chi connectivity index (χ3v) is 6.42. The smallest absolute Gasteiger partial charge is 0.297 e. The average molecular weight is 468 g/mol. The highest BCUT2D eigenvalue weighted by Gasteiger charge is 2.45. The van der Waals surface area contributed by atoms with Gasteiger partial charge in [-0.3, -0.25) is 14.5 Å². The highest BCUT2D eigenvalue weighted by molar-refractivity contribution is 7.13. The fourth-order valence-corrected chi connectivity index (χ4v) is 4.83. The maximum Gasteiger partial charge on any atom is 0.297 e. The predicted molar refractivity (Wildman–Crippen MR) is 129 cm³/mol. The molecule has 0 fully saturated rings. The van der Waals surface area contributed by atoms with Crippen molar-refractivity contribution in [3.63, 3.8) is 0 Å². The van der Waals surface area contributed by atoms with Gasteiger partial charge >= 0.3 is 0 Å². The van der Waals surface area contributed by atoms with Crippen LogP contribution in [-0.2, 0) is 0 Å². The van der Waals surface area contributed by atoms with Crippen LogP contribution in [0.5, 0.6) is 11.5 Å². The Bertz CT molecular complexity index is 1600. The third-order valence-electron chi connectivity index (χ3n) is 5.73. The number of carbonyl (C=O) groups is 1. The second-order valence-corrected chi connectivity index (χ2v) is 8.77. The van der Waals surface area contributed by atoms with Gasteiger partial charge < -0.3 is 9.15 Å². The molecule has 8 heteroatoms. The first kappa shape index (κ1) is 20.3. The Hall–Kier alpha value is -4.30. The lowest BCUT2D eigenvalue weighted by molar-refractivity contribution is 0.0970. The van der Waals surface area contributed by atoms with Crippen LogP contribution in [0.2, 0.25) is 0 Å². The van der Waals surface area contributed by atoms with Crippen LogP contribution in [0.1, 0.15) is 33.3 Å². The van der Waals surface area contributed by atoms with Crippen LogP contribution in [-0.4, -0.2) is 16.1 Å². The molecule has 7 nitrogen and oxygen atoms in total. The zero-order valence-electron chi connectivity index (χ0n) is 18.0. The zero-order valence-corrected chi connectivity index (χ0v) is 18.8.